The van der Waals surface area contributed by atoms with Crippen LogP contribution in [0.1, 0.15) is 16.8 Å². The van der Waals surface area contributed by atoms with E-state index in [9.17, 15) is 4.79 Å². The Labute approximate surface area is 95.9 Å². The van der Waals surface area contributed by atoms with Crippen LogP contribution in [0.15, 0.2) is 24.3 Å². The van der Waals surface area contributed by atoms with E-state index in [1.54, 1.807) is 12.1 Å². The predicted octanol–water partition coefficient (Wildman–Crippen LogP) is 1.43. The van der Waals surface area contributed by atoms with Gasteiger partial charge in [-0.3, -0.25) is 0 Å². The number of anilines is 1. The van der Waals surface area contributed by atoms with E-state index in [1.165, 1.54) is 0 Å². The van der Waals surface area contributed by atoms with Gasteiger partial charge >= 0.3 is 5.97 Å². The van der Waals surface area contributed by atoms with Gasteiger partial charge in [-0.15, -0.1) is 0 Å². The fraction of sp³-hybridized carbons (Fsp3) is 0.417. The van der Waals surface area contributed by atoms with Crippen LogP contribution in [0.25, 0.3) is 0 Å². The molecular weight excluding hydrogens is 204 g/mol. The number of carboxylic acid groups (broad SMARTS) is 1. The molecule has 0 spiro atoms. The smallest absolute Gasteiger partial charge is 0.335 e. The summed E-state index contributed by atoms with van der Waals surface area (Å²) in [7, 11) is 3.94. The highest BCUT2D eigenvalue weighted by Gasteiger charge is 2.04. The van der Waals surface area contributed by atoms with Gasteiger partial charge in [0.15, 0.2) is 0 Å². The van der Waals surface area contributed by atoms with E-state index in [0.29, 0.717) is 5.56 Å². The van der Waals surface area contributed by atoms with E-state index in [1.807, 2.05) is 26.2 Å². The third-order valence-corrected chi connectivity index (χ3v) is 2.48. The molecule has 0 atom stereocenters. The number of carboxylic acids is 1. The van der Waals surface area contributed by atoms with Crippen molar-refractivity contribution in [1.82, 2.24) is 5.32 Å². The molecule has 1 rings (SSSR count). The molecule has 2 N–H and O–H groups in total. The number of nitrogens with zero attached hydrogens (tertiary/aromatic N) is 1. The Bertz CT molecular complexity index is 335. The molecule has 0 aliphatic carbocycles. The van der Waals surface area contributed by atoms with Gasteiger partial charge in [-0.1, -0.05) is 0 Å². The molecule has 0 unspecified atom stereocenters. The molecule has 0 radical (unpaired) electrons. The number of aromatic carboxylic acids is 1. The maximum absolute atomic E-state index is 10.7. The first kappa shape index (κ1) is 12.5. The lowest BCUT2D eigenvalue weighted by molar-refractivity contribution is 0.0697. The quantitative estimate of drug-likeness (QED) is 0.715. The summed E-state index contributed by atoms with van der Waals surface area (Å²) in [6.45, 7) is 1.94. The molecule has 0 saturated heterocycles. The zero-order valence-electron chi connectivity index (χ0n) is 9.73. The Morgan fingerprint density at radius 3 is 2.50 bits per heavy atom. The van der Waals surface area contributed by atoms with Crippen LogP contribution < -0.4 is 10.2 Å². The second-order valence-electron chi connectivity index (χ2n) is 3.73. The molecule has 1 aromatic carbocycles. The van der Waals surface area contributed by atoms with Crippen LogP contribution in [0.5, 0.6) is 0 Å². The van der Waals surface area contributed by atoms with E-state index in [2.05, 4.69) is 10.2 Å². The molecule has 0 bridgehead atoms. The molecule has 0 aliphatic rings. The van der Waals surface area contributed by atoms with Gasteiger partial charge in [0.2, 0.25) is 0 Å². The van der Waals surface area contributed by atoms with Crippen LogP contribution in [0.2, 0.25) is 0 Å². The van der Waals surface area contributed by atoms with Crippen molar-refractivity contribution < 1.29 is 9.90 Å². The molecule has 0 heterocycles. The van der Waals surface area contributed by atoms with E-state index in [-0.39, 0.29) is 0 Å². The summed E-state index contributed by atoms with van der Waals surface area (Å²) in [6, 6.07) is 6.93. The van der Waals surface area contributed by atoms with Gasteiger partial charge in [-0.05, 0) is 44.3 Å². The van der Waals surface area contributed by atoms with Gasteiger partial charge in [0.05, 0.1) is 5.56 Å². The normalized spacial score (nSPS) is 10.1. The first-order valence-electron chi connectivity index (χ1n) is 5.34. The molecular formula is C12H18N2O2. The summed E-state index contributed by atoms with van der Waals surface area (Å²) >= 11 is 0. The molecule has 4 nitrogen and oxygen atoms in total. The van der Waals surface area contributed by atoms with E-state index < -0.39 is 5.97 Å². The van der Waals surface area contributed by atoms with Crippen molar-refractivity contribution in [3.63, 3.8) is 0 Å². The molecule has 0 amide bonds. The maximum atomic E-state index is 10.7. The minimum atomic E-state index is -0.885. The van der Waals surface area contributed by atoms with Crippen LogP contribution >= 0.6 is 0 Å². The van der Waals surface area contributed by atoms with Crippen LogP contribution in [0.3, 0.4) is 0 Å². The largest absolute Gasteiger partial charge is 0.478 e. The Morgan fingerprint density at radius 2 is 2.00 bits per heavy atom. The molecule has 0 fully saturated rings. The lowest BCUT2D eigenvalue weighted by Crippen LogP contribution is -2.22. The summed E-state index contributed by atoms with van der Waals surface area (Å²) in [5.74, 6) is -0.885. The average molecular weight is 222 g/mol. The van der Waals surface area contributed by atoms with Crippen molar-refractivity contribution in [3.8, 4) is 0 Å². The maximum Gasteiger partial charge on any atom is 0.335 e. The fourth-order valence-corrected chi connectivity index (χ4v) is 1.48. The highest BCUT2D eigenvalue weighted by atomic mass is 16.4. The fourth-order valence-electron chi connectivity index (χ4n) is 1.48. The first-order chi connectivity index (χ1) is 7.65. The summed E-state index contributed by atoms with van der Waals surface area (Å²) in [4.78, 5) is 12.8. The van der Waals surface area contributed by atoms with Gasteiger partial charge in [0.1, 0.15) is 0 Å². The molecule has 0 saturated carbocycles. The predicted molar refractivity (Wildman–Crippen MR) is 65.2 cm³/mol. The monoisotopic (exact) mass is 222 g/mol. The van der Waals surface area contributed by atoms with Crippen molar-refractivity contribution in [2.45, 2.75) is 6.42 Å². The van der Waals surface area contributed by atoms with Crippen LogP contribution in [0, 0.1) is 0 Å². The number of rotatable bonds is 6. The SMILES string of the molecule is CNCCCN(C)c1ccc(C(=O)O)cc1. The van der Waals surface area contributed by atoms with Gasteiger partial charge in [-0.2, -0.15) is 0 Å². The van der Waals surface area contributed by atoms with Crippen LogP contribution in [0.4, 0.5) is 5.69 Å². The van der Waals surface area contributed by atoms with Crippen molar-refractivity contribution >= 4 is 11.7 Å². The second kappa shape index (κ2) is 6.12. The van der Waals surface area contributed by atoms with Crippen molar-refractivity contribution in [3.05, 3.63) is 29.8 Å². The summed E-state index contributed by atoms with van der Waals surface area (Å²) < 4.78 is 0. The van der Waals surface area contributed by atoms with E-state index >= 15 is 0 Å². The van der Waals surface area contributed by atoms with E-state index in [0.717, 1.165) is 25.2 Å². The first-order valence-corrected chi connectivity index (χ1v) is 5.34. The number of carbonyl (C=O) groups is 1. The minimum absolute atomic E-state index is 0.326. The van der Waals surface area contributed by atoms with Gasteiger partial charge in [0, 0.05) is 19.3 Å². The van der Waals surface area contributed by atoms with Gasteiger partial charge < -0.3 is 15.3 Å². The van der Waals surface area contributed by atoms with Crippen molar-refractivity contribution in [2.24, 2.45) is 0 Å². The molecule has 0 aromatic heterocycles. The molecule has 88 valence electrons. The lowest BCUT2D eigenvalue weighted by atomic mass is 10.2. The number of hydrogen-bond acceptors (Lipinski definition) is 3. The molecule has 4 heteroatoms. The Hall–Kier alpha value is -1.55. The van der Waals surface area contributed by atoms with Crippen LogP contribution in [-0.4, -0.2) is 38.3 Å². The number of hydrogen-bond donors (Lipinski definition) is 2. The van der Waals surface area contributed by atoms with Gasteiger partial charge in [0.25, 0.3) is 0 Å². The van der Waals surface area contributed by atoms with Crippen molar-refractivity contribution in [1.29, 1.82) is 0 Å². The molecule has 1 aromatic rings. The highest BCUT2D eigenvalue weighted by Crippen LogP contribution is 2.13. The third kappa shape index (κ3) is 3.55. The van der Waals surface area contributed by atoms with Crippen molar-refractivity contribution in [2.75, 3.05) is 32.1 Å². The summed E-state index contributed by atoms with van der Waals surface area (Å²) in [6.07, 6.45) is 1.06. The zero-order valence-corrected chi connectivity index (χ0v) is 9.73. The molecule has 16 heavy (non-hydrogen) atoms. The topological polar surface area (TPSA) is 52.6 Å². The average Bonchev–Trinajstić information content (AvgIpc) is 2.29. The Morgan fingerprint density at radius 1 is 1.38 bits per heavy atom. The Kier molecular flexibility index (Phi) is 4.79. The second-order valence-corrected chi connectivity index (χ2v) is 3.73. The standard InChI is InChI=1S/C12H18N2O2/c1-13-8-3-9-14(2)11-6-4-10(5-7-11)12(15)16/h4-7,13H,3,8-9H2,1-2H3,(H,15,16). The minimum Gasteiger partial charge on any atom is -0.478 e. The van der Waals surface area contributed by atoms with E-state index in [4.69, 9.17) is 5.11 Å². The number of nitrogens with one attached hydrogen (secondary N) is 1. The zero-order chi connectivity index (χ0) is 12.0. The Balaban J connectivity index is 2.56. The van der Waals surface area contributed by atoms with Crippen LogP contribution in [-0.2, 0) is 0 Å². The third-order valence-electron chi connectivity index (χ3n) is 2.48. The number of benzene rings is 1. The summed E-state index contributed by atoms with van der Waals surface area (Å²) in [5.41, 5.74) is 1.37. The lowest BCUT2D eigenvalue weighted by Gasteiger charge is -2.19. The highest BCUT2D eigenvalue weighted by molar-refractivity contribution is 5.88. The summed E-state index contributed by atoms with van der Waals surface area (Å²) in [5, 5.41) is 11.9. The van der Waals surface area contributed by atoms with Gasteiger partial charge in [-0.25, -0.2) is 4.79 Å². The molecule has 0 aliphatic heterocycles.